The Morgan fingerprint density at radius 3 is 1.41 bits per heavy atom. The van der Waals surface area contributed by atoms with Crippen LogP contribution in [0.2, 0.25) is 0 Å². The van der Waals surface area contributed by atoms with Gasteiger partial charge in [0.15, 0.2) is 0 Å². The molecule has 0 unspecified atom stereocenters. The summed E-state index contributed by atoms with van der Waals surface area (Å²) >= 11 is 0. The van der Waals surface area contributed by atoms with E-state index in [9.17, 15) is 14.4 Å². The summed E-state index contributed by atoms with van der Waals surface area (Å²) in [5.41, 5.74) is 0.536. The van der Waals surface area contributed by atoms with Gasteiger partial charge < -0.3 is 9.47 Å². The van der Waals surface area contributed by atoms with Crippen molar-refractivity contribution in [3.05, 3.63) is 71.8 Å². The van der Waals surface area contributed by atoms with Crippen molar-refractivity contribution in [1.29, 1.82) is 0 Å². The van der Waals surface area contributed by atoms with Crippen molar-refractivity contribution >= 4 is 17.7 Å². The number of Topliss-reactive ketones (excluding diaryl/α,β-unsaturated/α-hetero) is 1. The van der Waals surface area contributed by atoms with Crippen molar-refractivity contribution in [2.24, 2.45) is 0 Å². The number of hydrogen-bond donors (Lipinski definition) is 0. The maximum atomic E-state index is 11.9. The fraction of sp³-hybridized carbons (Fsp3) is 0.118. The number of ether oxygens (including phenoxy) is 2. The third-order valence-corrected chi connectivity index (χ3v) is 2.78. The lowest BCUT2D eigenvalue weighted by molar-refractivity contribution is -0.145. The summed E-state index contributed by atoms with van der Waals surface area (Å²) in [4.78, 5) is 35.3. The van der Waals surface area contributed by atoms with Crippen LogP contribution in [-0.2, 0) is 14.3 Å². The first-order chi connectivity index (χ1) is 10.6. The van der Waals surface area contributed by atoms with Crippen LogP contribution >= 0.6 is 0 Å². The molecular weight excluding hydrogens is 284 g/mol. The monoisotopic (exact) mass is 298 g/mol. The van der Waals surface area contributed by atoms with Crippen molar-refractivity contribution in [1.82, 2.24) is 0 Å². The van der Waals surface area contributed by atoms with E-state index in [0.29, 0.717) is 0 Å². The van der Waals surface area contributed by atoms with E-state index < -0.39 is 24.0 Å². The van der Waals surface area contributed by atoms with E-state index in [4.69, 9.17) is 9.47 Å². The van der Waals surface area contributed by atoms with Crippen LogP contribution in [0.25, 0.3) is 0 Å². The van der Waals surface area contributed by atoms with Gasteiger partial charge in [0, 0.05) is 6.92 Å². The van der Waals surface area contributed by atoms with Crippen LogP contribution in [0.5, 0.6) is 0 Å². The molecule has 2 rings (SSSR count). The zero-order chi connectivity index (χ0) is 15.9. The van der Waals surface area contributed by atoms with E-state index >= 15 is 0 Å². The molecule has 0 aliphatic heterocycles. The average Bonchev–Trinajstić information content (AvgIpc) is 2.55. The molecule has 22 heavy (non-hydrogen) atoms. The van der Waals surface area contributed by atoms with Gasteiger partial charge in [0.1, 0.15) is 0 Å². The topological polar surface area (TPSA) is 69.7 Å². The minimum atomic E-state index is -1.57. The highest BCUT2D eigenvalue weighted by Crippen LogP contribution is 2.09. The van der Waals surface area contributed by atoms with Crippen LogP contribution in [0.15, 0.2) is 60.7 Å². The molecule has 5 nitrogen and oxygen atoms in total. The fourth-order valence-electron chi connectivity index (χ4n) is 1.67. The molecule has 0 atom stereocenters. The van der Waals surface area contributed by atoms with E-state index in [2.05, 4.69) is 0 Å². The Balaban J connectivity index is 2.06. The SMILES string of the molecule is CC(=O)C(OC(=O)c1ccccc1)OC(=O)c1ccccc1. The highest BCUT2D eigenvalue weighted by molar-refractivity contribution is 5.94. The van der Waals surface area contributed by atoms with E-state index in [0.717, 1.165) is 0 Å². The maximum Gasteiger partial charge on any atom is 0.341 e. The fourth-order valence-corrected chi connectivity index (χ4v) is 1.67. The van der Waals surface area contributed by atoms with Crippen LogP contribution in [0, 0.1) is 0 Å². The van der Waals surface area contributed by atoms with Gasteiger partial charge in [0.25, 0.3) is 0 Å². The van der Waals surface area contributed by atoms with Gasteiger partial charge in [-0.15, -0.1) is 0 Å². The molecule has 0 fully saturated rings. The number of benzene rings is 2. The summed E-state index contributed by atoms with van der Waals surface area (Å²) in [6.45, 7) is 1.18. The molecule has 0 heterocycles. The Labute approximate surface area is 127 Å². The predicted molar refractivity (Wildman–Crippen MR) is 78.2 cm³/mol. The van der Waals surface area contributed by atoms with Crippen molar-refractivity contribution < 1.29 is 23.9 Å². The number of hydrogen-bond acceptors (Lipinski definition) is 5. The summed E-state index contributed by atoms with van der Waals surface area (Å²) in [5.74, 6) is -2.04. The number of esters is 2. The third-order valence-electron chi connectivity index (χ3n) is 2.78. The molecule has 0 saturated carbocycles. The summed E-state index contributed by atoms with van der Waals surface area (Å²) in [6.07, 6.45) is -1.57. The second-order valence-electron chi connectivity index (χ2n) is 4.49. The molecule has 0 amide bonds. The van der Waals surface area contributed by atoms with Crippen LogP contribution in [0.4, 0.5) is 0 Å². The van der Waals surface area contributed by atoms with Gasteiger partial charge in [-0.2, -0.15) is 0 Å². The second-order valence-corrected chi connectivity index (χ2v) is 4.49. The number of carbonyl (C=O) groups excluding carboxylic acids is 3. The second kappa shape index (κ2) is 7.17. The highest BCUT2D eigenvalue weighted by atomic mass is 16.7. The van der Waals surface area contributed by atoms with Crippen LogP contribution in [-0.4, -0.2) is 24.0 Å². The van der Waals surface area contributed by atoms with Gasteiger partial charge in [-0.05, 0) is 24.3 Å². The minimum Gasteiger partial charge on any atom is -0.414 e. The molecule has 112 valence electrons. The third kappa shape index (κ3) is 4.02. The number of ketones is 1. The van der Waals surface area contributed by atoms with Gasteiger partial charge in [-0.25, -0.2) is 9.59 Å². The van der Waals surface area contributed by atoms with Gasteiger partial charge in [-0.1, -0.05) is 36.4 Å². The zero-order valence-corrected chi connectivity index (χ0v) is 11.9. The van der Waals surface area contributed by atoms with Crippen LogP contribution < -0.4 is 0 Å². The first-order valence-corrected chi connectivity index (χ1v) is 6.60. The van der Waals surface area contributed by atoms with E-state index in [-0.39, 0.29) is 11.1 Å². The lowest BCUT2D eigenvalue weighted by atomic mass is 10.2. The summed E-state index contributed by atoms with van der Waals surface area (Å²) < 4.78 is 9.92. The Morgan fingerprint density at radius 1 is 0.727 bits per heavy atom. The standard InChI is InChI=1S/C17H14O5/c1-12(18)17(21-15(19)13-8-4-2-5-9-13)22-16(20)14-10-6-3-7-11-14/h2-11,17H,1H3. The zero-order valence-electron chi connectivity index (χ0n) is 11.9. The highest BCUT2D eigenvalue weighted by Gasteiger charge is 2.25. The Kier molecular flexibility index (Phi) is 5.03. The predicted octanol–water partition coefficient (Wildman–Crippen LogP) is 2.62. The van der Waals surface area contributed by atoms with Gasteiger partial charge in [0.05, 0.1) is 11.1 Å². The normalized spacial score (nSPS) is 10.1. The van der Waals surface area contributed by atoms with Gasteiger partial charge >= 0.3 is 18.2 Å². The molecule has 0 aromatic heterocycles. The van der Waals surface area contributed by atoms with Crippen molar-refractivity contribution in [3.8, 4) is 0 Å². The molecular formula is C17H14O5. The average molecular weight is 298 g/mol. The quantitative estimate of drug-likeness (QED) is 0.627. The number of rotatable bonds is 5. The summed E-state index contributed by atoms with van der Waals surface area (Å²) in [6, 6.07) is 16.3. The molecule has 5 heteroatoms. The van der Waals surface area contributed by atoms with Gasteiger partial charge in [0.2, 0.25) is 5.78 Å². The lowest BCUT2D eigenvalue weighted by Crippen LogP contribution is -2.30. The molecule has 2 aromatic carbocycles. The molecule has 0 radical (unpaired) electrons. The smallest absolute Gasteiger partial charge is 0.341 e. The van der Waals surface area contributed by atoms with E-state index in [1.165, 1.54) is 6.92 Å². The largest absolute Gasteiger partial charge is 0.414 e. The first-order valence-electron chi connectivity index (χ1n) is 6.60. The van der Waals surface area contributed by atoms with Gasteiger partial charge in [-0.3, -0.25) is 4.79 Å². The molecule has 2 aromatic rings. The molecule has 0 saturated heterocycles. The summed E-state index contributed by atoms with van der Waals surface area (Å²) in [5, 5.41) is 0. The number of carbonyl (C=O) groups is 3. The van der Waals surface area contributed by atoms with Crippen molar-refractivity contribution in [2.75, 3.05) is 0 Å². The van der Waals surface area contributed by atoms with Crippen molar-refractivity contribution in [2.45, 2.75) is 13.2 Å². The van der Waals surface area contributed by atoms with E-state index in [1.807, 2.05) is 0 Å². The molecule has 0 bridgehead atoms. The van der Waals surface area contributed by atoms with Crippen LogP contribution in [0.3, 0.4) is 0 Å². The minimum absolute atomic E-state index is 0.268. The molecule has 0 spiro atoms. The Bertz CT molecular complexity index is 610. The summed E-state index contributed by atoms with van der Waals surface area (Å²) in [7, 11) is 0. The van der Waals surface area contributed by atoms with E-state index in [1.54, 1.807) is 60.7 Å². The maximum absolute atomic E-state index is 11.9. The first kappa shape index (κ1) is 15.4. The lowest BCUT2D eigenvalue weighted by Gasteiger charge is -2.15. The van der Waals surface area contributed by atoms with Crippen molar-refractivity contribution in [3.63, 3.8) is 0 Å². The Hall–Kier alpha value is -2.95. The molecule has 0 N–H and O–H groups in total. The molecule has 0 aliphatic carbocycles. The Morgan fingerprint density at radius 2 is 1.09 bits per heavy atom. The van der Waals surface area contributed by atoms with Crippen LogP contribution in [0.1, 0.15) is 27.6 Å². The molecule has 0 aliphatic rings.